The number of nitrogens with zero attached hydrogens (tertiary/aromatic N) is 1. The number of morpholine rings is 1. The summed E-state index contributed by atoms with van der Waals surface area (Å²) in [6.45, 7) is 2.04. The van der Waals surface area contributed by atoms with Crippen LogP contribution in [0.1, 0.15) is 41.3 Å². The molecule has 37 heavy (non-hydrogen) atoms. The monoisotopic (exact) mass is 536 g/mol. The molecule has 0 aromatic heterocycles. The van der Waals surface area contributed by atoms with E-state index in [4.69, 9.17) is 9.47 Å². The Morgan fingerprint density at radius 1 is 1.05 bits per heavy atom. The van der Waals surface area contributed by atoms with E-state index in [1.54, 1.807) is 0 Å². The van der Waals surface area contributed by atoms with Crippen molar-refractivity contribution in [1.29, 1.82) is 0 Å². The minimum atomic E-state index is -5.00. The number of urea groups is 1. The smallest absolute Gasteiger partial charge is 0.349 e. The van der Waals surface area contributed by atoms with Crippen molar-refractivity contribution in [3.63, 3.8) is 0 Å². The standard InChI is InChI=1S/C23H23F7N4O3/c1-12(14-8-15(22(25,26)27)10-16(9-14)23(28,29)30)37-20-19(13-2-4-17(24)5-3-13)34(6-7-36-20)11-18-31-21(35)33-32-18/h2-5,8-10,12,18-20,32H,6-7,11H2,1H3,(H2,31,33,35)/t12-,18?,19-,20+/m1/s1. The maximum absolute atomic E-state index is 13.6. The molecule has 7 nitrogen and oxygen atoms in total. The van der Waals surface area contributed by atoms with Crippen molar-refractivity contribution in [2.75, 3.05) is 19.7 Å². The average molecular weight is 536 g/mol. The quantitative estimate of drug-likeness (QED) is 0.475. The molecule has 202 valence electrons. The summed E-state index contributed by atoms with van der Waals surface area (Å²) in [5.74, 6) is -0.504. The van der Waals surface area contributed by atoms with Gasteiger partial charge in [-0.2, -0.15) is 26.3 Å². The molecule has 2 saturated heterocycles. The van der Waals surface area contributed by atoms with Gasteiger partial charge in [-0.15, -0.1) is 0 Å². The number of rotatable bonds is 6. The summed E-state index contributed by atoms with van der Waals surface area (Å²) in [5.41, 5.74) is 2.44. The van der Waals surface area contributed by atoms with E-state index in [0.29, 0.717) is 24.2 Å². The second-order valence-corrected chi connectivity index (χ2v) is 8.64. The number of carbonyl (C=O) groups excluding carboxylic acids is 1. The van der Waals surface area contributed by atoms with Crippen molar-refractivity contribution in [2.45, 2.75) is 43.9 Å². The summed E-state index contributed by atoms with van der Waals surface area (Å²) < 4.78 is 105. The van der Waals surface area contributed by atoms with Crippen molar-refractivity contribution < 1.29 is 45.0 Å². The summed E-state index contributed by atoms with van der Waals surface area (Å²) in [6.07, 6.45) is -12.9. The highest BCUT2D eigenvalue weighted by molar-refractivity contribution is 5.75. The number of amides is 2. The number of carbonyl (C=O) groups is 1. The van der Waals surface area contributed by atoms with Gasteiger partial charge >= 0.3 is 18.4 Å². The Hall–Kier alpha value is -2.94. The molecule has 2 aromatic rings. The van der Waals surface area contributed by atoms with Gasteiger partial charge in [0.25, 0.3) is 0 Å². The lowest BCUT2D eigenvalue weighted by Crippen LogP contribution is -2.52. The number of halogens is 7. The number of hydrogen-bond donors (Lipinski definition) is 3. The van der Waals surface area contributed by atoms with E-state index < -0.39 is 59.9 Å². The fourth-order valence-electron chi connectivity index (χ4n) is 4.24. The Morgan fingerprint density at radius 3 is 2.22 bits per heavy atom. The van der Waals surface area contributed by atoms with E-state index >= 15 is 0 Å². The van der Waals surface area contributed by atoms with Crippen LogP contribution >= 0.6 is 0 Å². The predicted molar refractivity (Wildman–Crippen MR) is 115 cm³/mol. The molecule has 0 saturated carbocycles. The number of nitrogens with one attached hydrogen (secondary N) is 3. The predicted octanol–water partition coefficient (Wildman–Crippen LogP) is 4.48. The van der Waals surface area contributed by atoms with Gasteiger partial charge in [0, 0.05) is 13.1 Å². The molecular weight excluding hydrogens is 513 g/mol. The first-order valence-electron chi connectivity index (χ1n) is 11.2. The lowest BCUT2D eigenvalue weighted by Gasteiger charge is -2.42. The number of ether oxygens (including phenoxy) is 2. The Balaban J connectivity index is 1.63. The van der Waals surface area contributed by atoms with Crippen LogP contribution in [0.3, 0.4) is 0 Å². The molecule has 0 bridgehead atoms. The summed E-state index contributed by atoms with van der Waals surface area (Å²) in [4.78, 5) is 13.3. The third kappa shape index (κ3) is 6.50. The highest BCUT2D eigenvalue weighted by Gasteiger charge is 2.40. The summed E-state index contributed by atoms with van der Waals surface area (Å²) >= 11 is 0. The molecule has 14 heteroatoms. The van der Waals surface area contributed by atoms with Crippen molar-refractivity contribution in [2.24, 2.45) is 0 Å². The molecule has 2 amide bonds. The molecule has 4 rings (SSSR count). The third-order valence-corrected chi connectivity index (χ3v) is 6.02. The average Bonchev–Trinajstić information content (AvgIpc) is 3.23. The molecule has 3 N–H and O–H groups in total. The molecule has 2 aliphatic rings. The summed E-state index contributed by atoms with van der Waals surface area (Å²) in [5, 5.41) is 2.65. The Labute approximate surface area is 206 Å². The van der Waals surface area contributed by atoms with Gasteiger partial charge in [-0.25, -0.2) is 14.6 Å². The minimum absolute atomic E-state index is 0.0489. The van der Waals surface area contributed by atoms with Crippen LogP contribution in [0.15, 0.2) is 42.5 Å². The van der Waals surface area contributed by atoms with Crippen LogP contribution < -0.4 is 16.2 Å². The van der Waals surface area contributed by atoms with Gasteiger partial charge in [-0.3, -0.25) is 10.3 Å². The second-order valence-electron chi connectivity index (χ2n) is 8.64. The normalized spacial score (nSPS) is 24.0. The van der Waals surface area contributed by atoms with E-state index in [-0.39, 0.29) is 24.8 Å². The molecular formula is C23H23F7N4O3. The van der Waals surface area contributed by atoms with Gasteiger partial charge in [0.1, 0.15) is 12.0 Å². The van der Waals surface area contributed by atoms with Crippen LogP contribution in [0.25, 0.3) is 0 Å². The van der Waals surface area contributed by atoms with Crippen LogP contribution in [0, 0.1) is 5.82 Å². The molecule has 2 fully saturated rings. The SMILES string of the molecule is C[C@@H](O[C@@H]1OCCN(CC2NNC(=O)N2)[C@@H]1c1ccc(F)cc1)c1cc(C(F)(F)F)cc(C(F)(F)F)c1. The first-order valence-corrected chi connectivity index (χ1v) is 11.2. The fraction of sp³-hybridized carbons (Fsp3) is 0.435. The molecule has 2 heterocycles. The topological polar surface area (TPSA) is 74.9 Å². The van der Waals surface area contributed by atoms with Crippen molar-refractivity contribution in [1.82, 2.24) is 21.1 Å². The number of hydrazine groups is 1. The number of alkyl halides is 6. The van der Waals surface area contributed by atoms with Gasteiger partial charge in [-0.1, -0.05) is 12.1 Å². The van der Waals surface area contributed by atoms with Crippen LogP contribution in [0.2, 0.25) is 0 Å². The van der Waals surface area contributed by atoms with Gasteiger partial charge < -0.3 is 14.8 Å². The Kier molecular flexibility index (Phi) is 7.65. The van der Waals surface area contributed by atoms with Crippen LogP contribution in [-0.2, 0) is 21.8 Å². The molecule has 0 spiro atoms. The maximum Gasteiger partial charge on any atom is 0.416 e. The molecule has 4 atom stereocenters. The second kappa shape index (κ2) is 10.4. The van der Waals surface area contributed by atoms with Crippen molar-refractivity contribution >= 4 is 6.03 Å². The molecule has 2 aliphatic heterocycles. The zero-order chi connectivity index (χ0) is 27.0. The van der Waals surface area contributed by atoms with Gasteiger partial charge in [0.05, 0.1) is 29.9 Å². The van der Waals surface area contributed by atoms with E-state index in [1.807, 2.05) is 4.90 Å². The van der Waals surface area contributed by atoms with E-state index in [0.717, 1.165) is 0 Å². The maximum atomic E-state index is 13.6. The van der Waals surface area contributed by atoms with Crippen LogP contribution in [0.4, 0.5) is 35.5 Å². The van der Waals surface area contributed by atoms with E-state index in [2.05, 4.69) is 16.2 Å². The number of benzene rings is 2. The van der Waals surface area contributed by atoms with Crippen LogP contribution in [0.5, 0.6) is 0 Å². The highest BCUT2D eigenvalue weighted by atomic mass is 19.4. The first kappa shape index (κ1) is 27.1. The van der Waals surface area contributed by atoms with Crippen molar-refractivity contribution in [3.05, 3.63) is 70.5 Å². The number of hydrogen-bond acceptors (Lipinski definition) is 5. The summed E-state index contributed by atoms with van der Waals surface area (Å²) in [7, 11) is 0. The molecule has 0 aliphatic carbocycles. The molecule has 1 unspecified atom stereocenters. The van der Waals surface area contributed by atoms with Gasteiger partial charge in [0.15, 0.2) is 6.29 Å². The fourth-order valence-corrected chi connectivity index (χ4v) is 4.24. The summed E-state index contributed by atoms with van der Waals surface area (Å²) in [6, 6.07) is 5.49. The molecule has 0 radical (unpaired) electrons. The highest BCUT2D eigenvalue weighted by Crippen LogP contribution is 2.39. The largest absolute Gasteiger partial charge is 0.416 e. The van der Waals surface area contributed by atoms with Crippen molar-refractivity contribution in [3.8, 4) is 0 Å². The van der Waals surface area contributed by atoms with E-state index in [1.165, 1.54) is 31.2 Å². The lowest BCUT2D eigenvalue weighted by atomic mass is 10.0. The Bertz CT molecular complexity index is 1080. The Morgan fingerprint density at radius 2 is 1.68 bits per heavy atom. The molecule has 2 aromatic carbocycles. The van der Waals surface area contributed by atoms with Crippen LogP contribution in [-0.4, -0.2) is 43.1 Å². The van der Waals surface area contributed by atoms with Gasteiger partial charge in [0.2, 0.25) is 0 Å². The first-order chi connectivity index (χ1) is 17.3. The zero-order valence-corrected chi connectivity index (χ0v) is 19.3. The third-order valence-electron chi connectivity index (χ3n) is 6.02. The van der Waals surface area contributed by atoms with Gasteiger partial charge in [-0.05, 0) is 48.4 Å². The minimum Gasteiger partial charge on any atom is -0.349 e. The lowest BCUT2D eigenvalue weighted by molar-refractivity contribution is -0.230. The zero-order valence-electron chi connectivity index (χ0n) is 19.3. The van der Waals surface area contributed by atoms with E-state index in [9.17, 15) is 35.5 Å².